The first kappa shape index (κ1) is 22.7. The second kappa shape index (κ2) is 8.58. The van der Waals surface area contributed by atoms with Crippen LogP contribution in [0.4, 0.5) is 5.69 Å². The van der Waals surface area contributed by atoms with Crippen LogP contribution in [0, 0.1) is 0 Å². The number of fused-ring (bicyclic) bond motifs is 2. The quantitative estimate of drug-likeness (QED) is 0.328. The maximum Gasteiger partial charge on any atom is 0.200 e. The molecule has 0 saturated heterocycles. The number of aliphatic hydroxyl groups excluding tert-OH is 1. The van der Waals surface area contributed by atoms with E-state index >= 15 is 0 Å². The summed E-state index contributed by atoms with van der Waals surface area (Å²) in [4.78, 5) is 25.7. The number of benzene rings is 2. The maximum absolute atomic E-state index is 12.9. The fourth-order valence-electron chi connectivity index (χ4n) is 3.04. The Hall–Kier alpha value is -2.32. The lowest BCUT2D eigenvalue weighted by Crippen LogP contribution is -2.40. The Morgan fingerprint density at radius 1 is 0.852 bits per heavy atom. The van der Waals surface area contributed by atoms with Crippen molar-refractivity contribution in [1.82, 2.24) is 5.32 Å². The van der Waals surface area contributed by atoms with Crippen molar-refractivity contribution in [2.75, 3.05) is 5.32 Å². The zero-order valence-corrected chi connectivity index (χ0v) is 16.1. The molecule has 0 aliphatic heterocycles. The molecule has 3 rings (SSSR count). The largest absolute Gasteiger partial charge is 0.507 e. The monoisotopic (exact) mass is 414 g/mol. The van der Waals surface area contributed by atoms with Gasteiger partial charge >= 0.3 is 0 Å². The average molecular weight is 415 g/mol. The van der Waals surface area contributed by atoms with Crippen molar-refractivity contribution in [3.63, 3.8) is 0 Å². The Morgan fingerprint density at radius 3 is 1.96 bits per heavy atom. The number of carbonyl (C=O) groups is 2. The van der Waals surface area contributed by atoms with Gasteiger partial charge in [0.1, 0.15) is 17.7 Å². The van der Waals surface area contributed by atoms with E-state index in [0.717, 1.165) is 0 Å². The standard InChI is InChI=1S/C18H18N2O5.2ClH/c1-8(19-9(2)21)20-11-5-3-4-10-14(11)18(25)16-13(23)7-6-12(22)15(16)17(10)24;;/h3-9,19-23H,1-2H3;2*1H. The third-order valence-electron chi connectivity index (χ3n) is 4.01. The Bertz CT molecular complexity index is 886. The van der Waals surface area contributed by atoms with Crippen molar-refractivity contribution in [1.29, 1.82) is 0 Å². The smallest absolute Gasteiger partial charge is 0.200 e. The molecule has 0 amide bonds. The molecule has 9 heteroatoms. The van der Waals surface area contributed by atoms with E-state index in [1.54, 1.807) is 26.0 Å². The SMILES string of the molecule is CC(O)NC(C)Nc1cccc2c1C(=O)c1c(O)ccc(O)c1C2=O.Cl.Cl. The first-order valence-electron chi connectivity index (χ1n) is 7.79. The summed E-state index contributed by atoms with van der Waals surface area (Å²) in [6, 6.07) is 7.11. The average Bonchev–Trinajstić information content (AvgIpc) is 2.53. The lowest BCUT2D eigenvalue weighted by molar-refractivity contribution is 0.0974. The van der Waals surface area contributed by atoms with Gasteiger partial charge < -0.3 is 20.6 Å². The van der Waals surface area contributed by atoms with Crippen LogP contribution in [0.1, 0.15) is 45.7 Å². The lowest BCUT2D eigenvalue weighted by Gasteiger charge is -2.24. The number of carbonyl (C=O) groups excluding carboxylic acids is 2. The van der Waals surface area contributed by atoms with E-state index in [9.17, 15) is 24.9 Å². The molecule has 0 heterocycles. The van der Waals surface area contributed by atoms with Crippen LogP contribution in [0.25, 0.3) is 0 Å². The number of aliphatic hydroxyl groups is 1. The van der Waals surface area contributed by atoms with E-state index in [1.165, 1.54) is 18.2 Å². The van der Waals surface area contributed by atoms with Crippen LogP contribution in [-0.4, -0.2) is 39.3 Å². The van der Waals surface area contributed by atoms with Gasteiger partial charge in [0.25, 0.3) is 0 Å². The van der Waals surface area contributed by atoms with Crippen LogP contribution in [0.5, 0.6) is 11.5 Å². The minimum atomic E-state index is -0.763. The summed E-state index contributed by atoms with van der Waals surface area (Å²) >= 11 is 0. The molecular weight excluding hydrogens is 395 g/mol. The van der Waals surface area contributed by atoms with Gasteiger partial charge in [-0.15, -0.1) is 24.8 Å². The number of phenols is 2. The van der Waals surface area contributed by atoms with Crippen molar-refractivity contribution in [3.05, 3.63) is 52.6 Å². The third-order valence-corrected chi connectivity index (χ3v) is 4.01. The molecule has 2 aromatic rings. The summed E-state index contributed by atoms with van der Waals surface area (Å²) in [5.74, 6) is -1.79. The van der Waals surface area contributed by atoms with Crippen molar-refractivity contribution in [3.8, 4) is 11.5 Å². The number of aromatic hydroxyl groups is 2. The summed E-state index contributed by atoms with van der Waals surface area (Å²) in [6.45, 7) is 3.31. The molecular formula is C18H20Cl2N2O5. The number of phenolic OH excluding ortho intramolecular Hbond substituents is 2. The molecule has 146 valence electrons. The highest BCUT2D eigenvalue weighted by Gasteiger charge is 2.36. The van der Waals surface area contributed by atoms with Gasteiger partial charge in [0.05, 0.1) is 22.9 Å². The van der Waals surface area contributed by atoms with Gasteiger partial charge in [0.2, 0.25) is 0 Å². The second-order valence-electron chi connectivity index (χ2n) is 5.95. The Labute approximate surface area is 168 Å². The van der Waals surface area contributed by atoms with Crippen LogP contribution in [0.2, 0.25) is 0 Å². The van der Waals surface area contributed by atoms with Gasteiger partial charge in [-0.1, -0.05) is 12.1 Å². The number of hydrogen-bond acceptors (Lipinski definition) is 7. The van der Waals surface area contributed by atoms with E-state index in [-0.39, 0.29) is 64.7 Å². The molecule has 2 aromatic carbocycles. The number of anilines is 1. The summed E-state index contributed by atoms with van der Waals surface area (Å²) in [6.07, 6.45) is -1.14. The minimum Gasteiger partial charge on any atom is -0.507 e. The van der Waals surface area contributed by atoms with Crippen LogP contribution in [-0.2, 0) is 0 Å². The van der Waals surface area contributed by atoms with E-state index in [1.807, 2.05) is 0 Å². The predicted octanol–water partition coefficient (Wildman–Crippen LogP) is 2.40. The van der Waals surface area contributed by atoms with Crippen molar-refractivity contribution >= 4 is 42.1 Å². The first-order valence-corrected chi connectivity index (χ1v) is 7.79. The van der Waals surface area contributed by atoms with Gasteiger partial charge in [-0.2, -0.15) is 0 Å². The molecule has 0 radical (unpaired) electrons. The Morgan fingerprint density at radius 2 is 1.41 bits per heavy atom. The molecule has 1 aliphatic rings. The molecule has 0 fully saturated rings. The molecule has 27 heavy (non-hydrogen) atoms. The van der Waals surface area contributed by atoms with Crippen LogP contribution >= 0.6 is 24.8 Å². The van der Waals surface area contributed by atoms with Crippen LogP contribution in [0.15, 0.2) is 30.3 Å². The molecule has 2 unspecified atom stereocenters. The predicted molar refractivity (Wildman–Crippen MR) is 105 cm³/mol. The highest BCUT2D eigenvalue weighted by atomic mass is 35.5. The van der Waals surface area contributed by atoms with E-state index in [2.05, 4.69) is 10.6 Å². The molecule has 1 aliphatic carbocycles. The summed E-state index contributed by atoms with van der Waals surface area (Å²) < 4.78 is 0. The highest BCUT2D eigenvalue weighted by molar-refractivity contribution is 6.31. The fraction of sp³-hybridized carbons (Fsp3) is 0.222. The van der Waals surface area contributed by atoms with Gasteiger partial charge in [-0.3, -0.25) is 14.9 Å². The Balaban J connectivity index is 0.00000182. The van der Waals surface area contributed by atoms with E-state index in [0.29, 0.717) is 5.69 Å². The topological polar surface area (TPSA) is 119 Å². The summed E-state index contributed by atoms with van der Waals surface area (Å²) in [7, 11) is 0. The van der Waals surface area contributed by atoms with Gasteiger partial charge in [-0.05, 0) is 32.0 Å². The Kier molecular flexibility index (Phi) is 7.22. The number of rotatable bonds is 4. The zero-order valence-electron chi connectivity index (χ0n) is 14.5. The normalized spacial score (nSPS) is 14.2. The van der Waals surface area contributed by atoms with E-state index < -0.39 is 17.8 Å². The van der Waals surface area contributed by atoms with Gasteiger partial charge in [0, 0.05) is 11.3 Å². The van der Waals surface area contributed by atoms with Crippen LogP contribution in [0.3, 0.4) is 0 Å². The minimum absolute atomic E-state index is 0. The zero-order chi connectivity index (χ0) is 18.3. The molecule has 0 aromatic heterocycles. The molecule has 0 bridgehead atoms. The molecule has 7 nitrogen and oxygen atoms in total. The fourth-order valence-corrected chi connectivity index (χ4v) is 3.04. The number of halogens is 2. The summed E-state index contributed by atoms with van der Waals surface area (Å²) in [5, 5.41) is 35.3. The number of nitrogens with one attached hydrogen (secondary N) is 2. The summed E-state index contributed by atoms with van der Waals surface area (Å²) in [5.41, 5.74) is 0.269. The second-order valence-corrected chi connectivity index (χ2v) is 5.95. The first-order chi connectivity index (χ1) is 11.8. The third kappa shape index (κ3) is 4.01. The molecule has 2 atom stereocenters. The molecule has 0 saturated carbocycles. The van der Waals surface area contributed by atoms with Gasteiger partial charge in [0.15, 0.2) is 11.6 Å². The van der Waals surface area contributed by atoms with Crippen molar-refractivity contribution in [2.24, 2.45) is 0 Å². The van der Waals surface area contributed by atoms with Crippen molar-refractivity contribution in [2.45, 2.75) is 26.2 Å². The number of ketones is 2. The molecule has 0 spiro atoms. The van der Waals surface area contributed by atoms with Crippen molar-refractivity contribution < 1.29 is 24.9 Å². The highest BCUT2D eigenvalue weighted by Crippen LogP contribution is 2.39. The lowest BCUT2D eigenvalue weighted by atomic mass is 9.82. The van der Waals surface area contributed by atoms with Crippen LogP contribution < -0.4 is 10.6 Å². The van der Waals surface area contributed by atoms with E-state index in [4.69, 9.17) is 0 Å². The van der Waals surface area contributed by atoms with Gasteiger partial charge in [-0.25, -0.2) is 0 Å². The number of hydrogen-bond donors (Lipinski definition) is 5. The maximum atomic E-state index is 12.9. The molecule has 5 N–H and O–H groups in total.